The number of para-hydroxylation sites is 1. The summed E-state index contributed by atoms with van der Waals surface area (Å²) < 4.78 is 26.8. The Labute approximate surface area is 197 Å². The fourth-order valence-electron chi connectivity index (χ4n) is 3.90. The highest BCUT2D eigenvalue weighted by Crippen LogP contribution is 2.29. The number of hydrogen-bond donors (Lipinski definition) is 1. The van der Waals surface area contributed by atoms with Gasteiger partial charge < -0.3 is 5.32 Å². The van der Waals surface area contributed by atoms with Crippen LogP contribution in [0, 0.1) is 6.92 Å². The van der Waals surface area contributed by atoms with Gasteiger partial charge in [0.1, 0.15) is 0 Å². The third-order valence-corrected chi connectivity index (χ3v) is 6.94. The summed E-state index contributed by atoms with van der Waals surface area (Å²) in [6, 6.07) is 23.0. The van der Waals surface area contributed by atoms with E-state index in [1.807, 2.05) is 62.4 Å². The molecule has 6 heteroatoms. The molecule has 0 saturated carbocycles. The van der Waals surface area contributed by atoms with Crippen molar-refractivity contribution in [2.45, 2.75) is 39.7 Å². The lowest BCUT2D eigenvalue weighted by atomic mass is 10.0. The quantitative estimate of drug-likeness (QED) is 0.481. The number of aryl methyl sites for hydroxylation is 2. The van der Waals surface area contributed by atoms with Gasteiger partial charge >= 0.3 is 0 Å². The van der Waals surface area contributed by atoms with Crippen molar-refractivity contribution < 1.29 is 13.2 Å². The minimum atomic E-state index is -3.49. The average molecular weight is 465 g/mol. The van der Waals surface area contributed by atoms with Crippen LogP contribution in [-0.2, 0) is 23.0 Å². The molecule has 174 valence electrons. The minimum absolute atomic E-state index is 0.142. The predicted octanol–water partition coefficient (Wildman–Crippen LogP) is 5.06. The first kappa shape index (κ1) is 24.5. The molecule has 3 aromatic rings. The molecule has 0 spiro atoms. The van der Waals surface area contributed by atoms with Crippen molar-refractivity contribution >= 4 is 21.6 Å². The zero-order valence-corrected chi connectivity index (χ0v) is 20.5. The van der Waals surface area contributed by atoms with Crippen LogP contribution in [0.25, 0.3) is 0 Å². The predicted molar refractivity (Wildman–Crippen MR) is 135 cm³/mol. The molecular weight excluding hydrogens is 432 g/mol. The van der Waals surface area contributed by atoms with Crippen LogP contribution in [0.4, 0.5) is 5.69 Å². The summed E-state index contributed by atoms with van der Waals surface area (Å²) in [6.45, 7) is 6.78. The molecule has 5 nitrogen and oxygen atoms in total. The number of amides is 1. The van der Waals surface area contributed by atoms with E-state index in [9.17, 15) is 13.2 Å². The first-order chi connectivity index (χ1) is 15.7. The standard InChI is InChI=1S/C27H32N2O3S/c1-5-23-13-9-10-20(2)26(23)29(33(4,31)32)19-22-14-16-25(17-15-22)27(30)28-18-21(3)24-11-7-6-8-12-24/h6-17,21H,5,18-19H2,1-4H3,(H,28,30)/t21-/m1/s1. The summed E-state index contributed by atoms with van der Waals surface area (Å²) in [5.41, 5.74) is 5.19. The van der Waals surface area contributed by atoms with Crippen molar-refractivity contribution in [2.75, 3.05) is 17.1 Å². The first-order valence-corrected chi connectivity index (χ1v) is 13.0. The Morgan fingerprint density at radius 2 is 1.64 bits per heavy atom. The second-order valence-corrected chi connectivity index (χ2v) is 10.3. The van der Waals surface area contributed by atoms with E-state index in [2.05, 4.69) is 24.4 Å². The highest BCUT2D eigenvalue weighted by molar-refractivity contribution is 7.92. The van der Waals surface area contributed by atoms with Crippen LogP contribution in [-0.4, -0.2) is 27.1 Å². The van der Waals surface area contributed by atoms with Crippen molar-refractivity contribution in [2.24, 2.45) is 0 Å². The van der Waals surface area contributed by atoms with Crippen LogP contribution in [0.2, 0.25) is 0 Å². The molecule has 0 radical (unpaired) electrons. The van der Waals surface area contributed by atoms with E-state index in [1.165, 1.54) is 16.1 Å². The highest BCUT2D eigenvalue weighted by atomic mass is 32.2. The van der Waals surface area contributed by atoms with E-state index in [4.69, 9.17) is 0 Å². The number of rotatable bonds is 9. The zero-order chi connectivity index (χ0) is 24.0. The maximum absolute atomic E-state index is 12.7. The van der Waals surface area contributed by atoms with Gasteiger partial charge in [-0.15, -0.1) is 0 Å². The molecule has 0 unspecified atom stereocenters. The second-order valence-electron chi connectivity index (χ2n) is 8.42. The number of benzene rings is 3. The highest BCUT2D eigenvalue weighted by Gasteiger charge is 2.22. The summed E-state index contributed by atoms with van der Waals surface area (Å²) in [6.07, 6.45) is 1.97. The molecule has 0 fully saturated rings. The van der Waals surface area contributed by atoms with Crippen LogP contribution in [0.3, 0.4) is 0 Å². The molecule has 3 aromatic carbocycles. The zero-order valence-electron chi connectivity index (χ0n) is 19.7. The molecule has 0 heterocycles. The molecule has 0 bridgehead atoms. The lowest BCUT2D eigenvalue weighted by molar-refractivity contribution is 0.0951. The van der Waals surface area contributed by atoms with Gasteiger partial charge in [-0.25, -0.2) is 8.42 Å². The molecule has 0 aliphatic carbocycles. The van der Waals surface area contributed by atoms with Crippen LogP contribution in [0.1, 0.15) is 52.4 Å². The number of nitrogens with zero attached hydrogens (tertiary/aromatic N) is 1. The lowest BCUT2D eigenvalue weighted by Crippen LogP contribution is -2.31. The Bertz CT molecular complexity index is 1190. The Morgan fingerprint density at radius 1 is 0.970 bits per heavy atom. The number of anilines is 1. The van der Waals surface area contributed by atoms with Gasteiger partial charge in [0.05, 0.1) is 18.5 Å². The van der Waals surface area contributed by atoms with Crippen LogP contribution < -0.4 is 9.62 Å². The van der Waals surface area contributed by atoms with Gasteiger partial charge in [-0.3, -0.25) is 9.10 Å². The number of nitrogens with one attached hydrogen (secondary N) is 1. The van der Waals surface area contributed by atoms with Gasteiger partial charge in [0.2, 0.25) is 10.0 Å². The first-order valence-electron chi connectivity index (χ1n) is 11.2. The second kappa shape index (κ2) is 10.7. The Hall–Kier alpha value is -3.12. The molecule has 0 aliphatic heterocycles. The molecule has 0 saturated heterocycles. The summed E-state index contributed by atoms with van der Waals surface area (Å²) in [5, 5.41) is 2.98. The third kappa shape index (κ3) is 6.23. The van der Waals surface area contributed by atoms with Gasteiger partial charge in [-0.05, 0) is 53.6 Å². The van der Waals surface area contributed by atoms with Crippen LogP contribution in [0.5, 0.6) is 0 Å². The molecule has 3 rings (SSSR count). The van der Waals surface area contributed by atoms with Crippen LogP contribution >= 0.6 is 0 Å². The molecule has 0 aliphatic rings. The average Bonchev–Trinajstić information content (AvgIpc) is 2.81. The Morgan fingerprint density at radius 3 is 2.24 bits per heavy atom. The molecule has 1 atom stereocenters. The largest absolute Gasteiger partial charge is 0.351 e. The van der Waals surface area contributed by atoms with Gasteiger partial charge in [0, 0.05) is 12.1 Å². The smallest absolute Gasteiger partial charge is 0.251 e. The topological polar surface area (TPSA) is 66.5 Å². The third-order valence-electron chi connectivity index (χ3n) is 5.83. The number of hydrogen-bond acceptors (Lipinski definition) is 3. The van der Waals surface area contributed by atoms with Gasteiger partial charge in [-0.1, -0.05) is 74.5 Å². The lowest BCUT2D eigenvalue weighted by Gasteiger charge is -2.27. The van der Waals surface area contributed by atoms with Crippen molar-refractivity contribution in [1.82, 2.24) is 5.32 Å². The Balaban J connectivity index is 1.73. The van der Waals surface area contributed by atoms with Gasteiger partial charge in [0.15, 0.2) is 0 Å². The number of carbonyl (C=O) groups excluding carboxylic acids is 1. The fraction of sp³-hybridized carbons (Fsp3) is 0.296. The van der Waals surface area contributed by atoms with E-state index in [0.717, 1.165) is 28.8 Å². The number of sulfonamides is 1. The van der Waals surface area contributed by atoms with E-state index < -0.39 is 10.0 Å². The summed E-state index contributed by atoms with van der Waals surface area (Å²) in [7, 11) is -3.49. The molecule has 33 heavy (non-hydrogen) atoms. The minimum Gasteiger partial charge on any atom is -0.351 e. The van der Waals surface area contributed by atoms with Gasteiger partial charge in [-0.2, -0.15) is 0 Å². The van der Waals surface area contributed by atoms with Gasteiger partial charge in [0.25, 0.3) is 5.91 Å². The summed E-state index contributed by atoms with van der Waals surface area (Å²) in [4.78, 5) is 12.6. The maximum Gasteiger partial charge on any atom is 0.251 e. The monoisotopic (exact) mass is 464 g/mol. The van der Waals surface area contributed by atoms with E-state index in [0.29, 0.717) is 12.1 Å². The Kier molecular flexibility index (Phi) is 7.92. The molecule has 0 aromatic heterocycles. The van der Waals surface area contributed by atoms with Crippen LogP contribution in [0.15, 0.2) is 72.8 Å². The molecule has 1 amide bonds. The normalized spacial score (nSPS) is 12.2. The van der Waals surface area contributed by atoms with Crippen molar-refractivity contribution in [3.63, 3.8) is 0 Å². The number of carbonyl (C=O) groups is 1. The summed E-state index contributed by atoms with van der Waals surface area (Å²) >= 11 is 0. The SMILES string of the molecule is CCc1cccc(C)c1N(Cc1ccc(C(=O)NC[C@@H](C)c2ccccc2)cc1)S(C)(=O)=O. The molecular formula is C27H32N2O3S. The fourth-order valence-corrected chi connectivity index (χ4v) is 4.88. The van der Waals surface area contributed by atoms with E-state index in [-0.39, 0.29) is 18.4 Å². The van der Waals surface area contributed by atoms with Crippen molar-refractivity contribution in [3.05, 3.63) is 101 Å². The molecule has 1 N–H and O–H groups in total. The van der Waals surface area contributed by atoms with Crippen molar-refractivity contribution in [3.8, 4) is 0 Å². The van der Waals surface area contributed by atoms with E-state index in [1.54, 1.807) is 12.1 Å². The van der Waals surface area contributed by atoms with Crippen molar-refractivity contribution in [1.29, 1.82) is 0 Å². The summed E-state index contributed by atoms with van der Waals surface area (Å²) in [5.74, 6) is 0.0658. The van der Waals surface area contributed by atoms with E-state index >= 15 is 0 Å². The maximum atomic E-state index is 12.7.